The van der Waals surface area contributed by atoms with Gasteiger partial charge >= 0.3 is 0 Å². The number of hydrogen-bond donors (Lipinski definition) is 1. The Bertz CT molecular complexity index is 824. The van der Waals surface area contributed by atoms with E-state index in [4.69, 9.17) is 4.74 Å². The highest BCUT2D eigenvalue weighted by molar-refractivity contribution is 5.85. The number of ether oxygens (including phenoxy) is 1. The van der Waals surface area contributed by atoms with E-state index in [0.29, 0.717) is 19.0 Å². The van der Waals surface area contributed by atoms with Crippen LogP contribution in [-0.2, 0) is 11.3 Å². The Balaban J connectivity index is 2.28. The predicted molar refractivity (Wildman–Crippen MR) is 117 cm³/mol. The maximum Gasteiger partial charge on any atom is 0.266 e. The highest BCUT2D eigenvalue weighted by Crippen LogP contribution is 2.31. The van der Waals surface area contributed by atoms with E-state index in [9.17, 15) is 4.79 Å². The van der Waals surface area contributed by atoms with Crippen molar-refractivity contribution in [2.24, 2.45) is 0 Å². The number of nitrogens with one attached hydrogen (secondary N) is 1. The van der Waals surface area contributed by atoms with Gasteiger partial charge in [-0.25, -0.2) is 4.98 Å². The minimum absolute atomic E-state index is 0.0436. The number of imidazole rings is 1. The second-order valence-electron chi connectivity index (χ2n) is 8.81. The molecule has 2 aromatic rings. The normalized spacial score (nSPS) is 11.9. The van der Waals surface area contributed by atoms with Crippen LogP contribution in [0.4, 0.5) is 0 Å². The molecule has 0 aliphatic heterocycles. The van der Waals surface area contributed by atoms with Gasteiger partial charge in [0.15, 0.2) is 5.60 Å². The largest absolute Gasteiger partial charge is 0.478 e. The molecule has 6 nitrogen and oxygen atoms in total. The third kappa shape index (κ3) is 6.07. The molecule has 0 aliphatic rings. The first-order chi connectivity index (χ1) is 13.5. The van der Waals surface area contributed by atoms with Crippen molar-refractivity contribution in [3.63, 3.8) is 0 Å². The molecule has 0 saturated carbocycles. The van der Waals surface area contributed by atoms with Crippen molar-refractivity contribution in [1.82, 2.24) is 19.8 Å². The smallest absolute Gasteiger partial charge is 0.266 e. The van der Waals surface area contributed by atoms with Crippen molar-refractivity contribution in [3.8, 4) is 5.75 Å². The molecular formula is C23H36N4O2. The first-order valence-electron chi connectivity index (χ1n) is 10.2. The van der Waals surface area contributed by atoms with E-state index in [2.05, 4.69) is 40.8 Å². The molecule has 0 bridgehead atoms. The van der Waals surface area contributed by atoms with E-state index in [-0.39, 0.29) is 5.91 Å². The zero-order valence-corrected chi connectivity index (χ0v) is 19.2. The summed E-state index contributed by atoms with van der Waals surface area (Å²) in [6.07, 6.45) is 1.67. The first-order valence-corrected chi connectivity index (χ1v) is 10.2. The summed E-state index contributed by atoms with van der Waals surface area (Å²) in [6.45, 7) is 13.8. The van der Waals surface area contributed by atoms with Gasteiger partial charge in [0.05, 0.1) is 18.6 Å². The van der Waals surface area contributed by atoms with Crippen LogP contribution in [0.15, 0.2) is 24.5 Å². The van der Waals surface area contributed by atoms with Crippen molar-refractivity contribution in [1.29, 1.82) is 0 Å². The Kier molecular flexibility index (Phi) is 7.47. The Morgan fingerprint density at radius 1 is 1.21 bits per heavy atom. The number of aromatic amines is 1. The number of likely N-dealkylation sites (N-methyl/N-ethyl adjacent to an activating group) is 1. The zero-order chi connectivity index (χ0) is 21.8. The maximum atomic E-state index is 13.5. The number of carbonyl (C=O) groups excluding carboxylic acids is 1. The van der Waals surface area contributed by atoms with Gasteiger partial charge in [-0.3, -0.25) is 4.79 Å². The number of carbonyl (C=O) groups is 1. The molecular weight excluding hydrogens is 364 g/mol. The van der Waals surface area contributed by atoms with E-state index in [1.807, 2.05) is 52.8 Å². The third-order valence-corrected chi connectivity index (χ3v) is 5.05. The number of aryl methyl sites for hydroxylation is 2. The average molecular weight is 401 g/mol. The quantitative estimate of drug-likeness (QED) is 0.693. The summed E-state index contributed by atoms with van der Waals surface area (Å²) in [5.74, 6) is 1.05. The van der Waals surface area contributed by atoms with Gasteiger partial charge in [-0.2, -0.15) is 0 Å². The van der Waals surface area contributed by atoms with Gasteiger partial charge < -0.3 is 19.5 Å². The maximum absolute atomic E-state index is 13.5. The average Bonchev–Trinajstić information content (AvgIpc) is 3.02. The molecule has 29 heavy (non-hydrogen) atoms. The highest BCUT2D eigenvalue weighted by atomic mass is 16.5. The Labute approximate surface area is 175 Å². The van der Waals surface area contributed by atoms with Crippen LogP contribution in [-0.4, -0.2) is 58.5 Å². The minimum Gasteiger partial charge on any atom is -0.478 e. The Hall–Kier alpha value is -2.34. The van der Waals surface area contributed by atoms with Crippen LogP contribution >= 0.6 is 0 Å². The summed E-state index contributed by atoms with van der Waals surface area (Å²) in [4.78, 5) is 24.9. The lowest BCUT2D eigenvalue weighted by atomic mass is 9.99. The topological polar surface area (TPSA) is 61.5 Å². The summed E-state index contributed by atoms with van der Waals surface area (Å²) in [6, 6.07) is 6.19. The van der Waals surface area contributed by atoms with Gasteiger partial charge in [0.2, 0.25) is 0 Å². The van der Waals surface area contributed by atoms with Gasteiger partial charge in [0.1, 0.15) is 5.75 Å². The molecule has 0 saturated heterocycles. The van der Waals surface area contributed by atoms with Crippen molar-refractivity contribution >= 4 is 5.91 Å². The number of hydrogen-bond acceptors (Lipinski definition) is 4. The Morgan fingerprint density at radius 3 is 2.45 bits per heavy atom. The fraction of sp³-hybridized carbons (Fsp3) is 0.565. The molecule has 6 heteroatoms. The number of rotatable bonds is 9. The van der Waals surface area contributed by atoms with E-state index < -0.39 is 5.60 Å². The molecule has 160 valence electrons. The van der Waals surface area contributed by atoms with Crippen LogP contribution in [0.5, 0.6) is 5.75 Å². The number of benzene rings is 1. The molecule has 0 unspecified atom stereocenters. The number of amides is 1. The monoisotopic (exact) mass is 400 g/mol. The molecule has 1 aromatic carbocycles. The van der Waals surface area contributed by atoms with Crippen molar-refractivity contribution in [3.05, 3.63) is 47.0 Å². The Morgan fingerprint density at radius 2 is 1.90 bits per heavy atom. The lowest BCUT2D eigenvalue weighted by Gasteiger charge is -2.33. The van der Waals surface area contributed by atoms with Gasteiger partial charge in [-0.05, 0) is 64.9 Å². The van der Waals surface area contributed by atoms with Crippen LogP contribution in [0.25, 0.3) is 0 Å². The standard InChI is InChI=1S/C23H36N4O2/c1-16(2)19-10-9-17(3)13-21(19)29-23(5,6)22(28)27(12-11-26(7)8)14-20-18(4)24-15-25-20/h9-10,13,15-16H,11-12,14H2,1-8H3,(H,24,25). The molecule has 1 N–H and O–H groups in total. The van der Waals surface area contributed by atoms with E-state index in [0.717, 1.165) is 34.8 Å². The highest BCUT2D eigenvalue weighted by Gasteiger charge is 2.35. The van der Waals surface area contributed by atoms with Crippen LogP contribution in [0.3, 0.4) is 0 Å². The van der Waals surface area contributed by atoms with Gasteiger partial charge in [-0.1, -0.05) is 26.0 Å². The molecule has 0 aliphatic carbocycles. The summed E-state index contributed by atoms with van der Waals surface area (Å²) < 4.78 is 6.34. The van der Waals surface area contributed by atoms with Gasteiger partial charge in [-0.15, -0.1) is 0 Å². The van der Waals surface area contributed by atoms with Crippen molar-refractivity contribution < 1.29 is 9.53 Å². The second-order valence-corrected chi connectivity index (χ2v) is 8.81. The van der Waals surface area contributed by atoms with Crippen molar-refractivity contribution in [2.75, 3.05) is 27.2 Å². The molecule has 1 amide bonds. The molecule has 0 spiro atoms. The van der Waals surface area contributed by atoms with Crippen molar-refractivity contribution in [2.45, 2.75) is 59.6 Å². The number of aromatic nitrogens is 2. The van der Waals surface area contributed by atoms with E-state index in [1.165, 1.54) is 0 Å². The summed E-state index contributed by atoms with van der Waals surface area (Å²) in [7, 11) is 4.01. The lowest BCUT2D eigenvalue weighted by molar-refractivity contribution is -0.146. The molecule has 1 aromatic heterocycles. The zero-order valence-electron chi connectivity index (χ0n) is 19.2. The lowest BCUT2D eigenvalue weighted by Crippen LogP contribution is -2.50. The SMILES string of the molecule is Cc1ccc(C(C)C)c(OC(C)(C)C(=O)N(CCN(C)C)Cc2nc[nH]c2C)c1. The molecule has 2 rings (SSSR count). The number of nitrogens with zero attached hydrogens (tertiary/aromatic N) is 3. The van der Waals surface area contributed by atoms with Crippen LogP contribution in [0, 0.1) is 13.8 Å². The third-order valence-electron chi connectivity index (χ3n) is 5.05. The van der Waals surface area contributed by atoms with E-state index in [1.54, 1.807) is 6.33 Å². The molecule has 0 atom stereocenters. The molecule has 0 fully saturated rings. The molecule has 0 radical (unpaired) electrons. The fourth-order valence-electron chi connectivity index (χ4n) is 3.21. The summed E-state index contributed by atoms with van der Waals surface area (Å²) in [5.41, 5.74) is 3.09. The van der Waals surface area contributed by atoms with Crippen LogP contribution in [0.2, 0.25) is 0 Å². The van der Waals surface area contributed by atoms with Crippen LogP contribution < -0.4 is 4.74 Å². The van der Waals surface area contributed by atoms with Gasteiger partial charge in [0, 0.05) is 18.8 Å². The van der Waals surface area contributed by atoms with E-state index >= 15 is 0 Å². The predicted octanol–water partition coefficient (Wildman–Crippen LogP) is 3.90. The first kappa shape index (κ1) is 22.9. The van der Waals surface area contributed by atoms with Crippen LogP contribution in [0.1, 0.15) is 56.1 Å². The molecule has 1 heterocycles. The fourth-order valence-corrected chi connectivity index (χ4v) is 3.21. The summed E-state index contributed by atoms with van der Waals surface area (Å²) in [5, 5.41) is 0. The van der Waals surface area contributed by atoms with Gasteiger partial charge in [0.25, 0.3) is 5.91 Å². The number of H-pyrrole nitrogens is 1. The second kappa shape index (κ2) is 9.44. The minimum atomic E-state index is -0.992. The summed E-state index contributed by atoms with van der Waals surface area (Å²) >= 11 is 0.